The topological polar surface area (TPSA) is 65.7 Å². The van der Waals surface area contributed by atoms with Gasteiger partial charge in [-0.2, -0.15) is 26.3 Å². The van der Waals surface area contributed by atoms with E-state index < -0.39 is 59.2 Å². The zero-order valence-corrected chi connectivity index (χ0v) is 25.8. The Kier molecular flexibility index (Phi) is 9.92. The quantitative estimate of drug-likeness (QED) is 0.114. The van der Waals surface area contributed by atoms with Gasteiger partial charge in [-0.15, -0.1) is 0 Å². The van der Waals surface area contributed by atoms with Crippen LogP contribution in [0.3, 0.4) is 0 Å². The highest BCUT2D eigenvalue weighted by molar-refractivity contribution is 5.83. The first-order valence-electron chi connectivity index (χ1n) is 14.3. The SMILES string of the molecule is CCc1ccccc1-c1cc2ccc(OCC(F)(F)C(F)(F)C(F)(F)COC(=O)C(C)(CC(C)C)C(C)(C)C)cc2oc1=O. The van der Waals surface area contributed by atoms with Gasteiger partial charge in [-0.3, -0.25) is 4.79 Å². The van der Waals surface area contributed by atoms with E-state index >= 15 is 0 Å². The highest BCUT2D eigenvalue weighted by Gasteiger charge is 2.72. The molecular formula is C33H38F6O5. The summed E-state index contributed by atoms with van der Waals surface area (Å²) in [7, 11) is 0. The first-order valence-corrected chi connectivity index (χ1v) is 14.3. The van der Waals surface area contributed by atoms with Crippen molar-refractivity contribution in [2.24, 2.45) is 16.7 Å². The number of alkyl halides is 6. The van der Waals surface area contributed by atoms with Crippen molar-refractivity contribution < 1.29 is 45.0 Å². The van der Waals surface area contributed by atoms with Crippen LogP contribution in [0.15, 0.2) is 57.7 Å². The standard InChI is InChI=1S/C33H38F6O5/c1-8-21-11-9-10-12-24(21)25-15-22-13-14-23(16-26(22)44-27(25)40)42-18-31(34,35)33(38,39)32(36,37)19-43-28(41)30(7,17-20(2)3)29(4,5)6/h9-16,20H,8,17-19H2,1-7H3. The Labute approximate surface area is 252 Å². The molecule has 1 heterocycles. The van der Waals surface area contributed by atoms with Gasteiger partial charge in [0.15, 0.2) is 13.2 Å². The number of benzene rings is 2. The Morgan fingerprint density at radius 3 is 2.07 bits per heavy atom. The van der Waals surface area contributed by atoms with Crippen LogP contribution in [0.2, 0.25) is 0 Å². The summed E-state index contributed by atoms with van der Waals surface area (Å²) in [4.78, 5) is 25.5. The van der Waals surface area contributed by atoms with E-state index in [1.165, 1.54) is 19.1 Å². The second-order valence-electron chi connectivity index (χ2n) is 12.7. The molecule has 2 aromatic carbocycles. The van der Waals surface area contributed by atoms with E-state index in [0.29, 0.717) is 17.4 Å². The molecule has 1 atom stereocenters. The Morgan fingerprint density at radius 1 is 0.864 bits per heavy atom. The number of hydrogen-bond acceptors (Lipinski definition) is 5. The molecule has 0 N–H and O–H groups in total. The molecule has 0 aliphatic heterocycles. The van der Waals surface area contributed by atoms with Gasteiger partial charge in [0.25, 0.3) is 0 Å². The van der Waals surface area contributed by atoms with E-state index in [-0.39, 0.29) is 23.5 Å². The van der Waals surface area contributed by atoms with Crippen molar-refractivity contribution in [3.05, 3.63) is 64.5 Å². The highest BCUT2D eigenvalue weighted by Crippen LogP contribution is 2.48. The monoisotopic (exact) mass is 628 g/mol. The molecule has 0 spiro atoms. The van der Waals surface area contributed by atoms with Crippen molar-refractivity contribution in [3.8, 4) is 16.9 Å². The molecule has 0 aliphatic rings. The first-order chi connectivity index (χ1) is 20.2. The van der Waals surface area contributed by atoms with Gasteiger partial charge in [0.2, 0.25) is 0 Å². The van der Waals surface area contributed by atoms with E-state index in [0.717, 1.165) is 17.7 Å². The average molecular weight is 629 g/mol. The number of carbonyl (C=O) groups excluding carboxylic acids is 1. The molecule has 3 aromatic rings. The van der Waals surface area contributed by atoms with E-state index in [2.05, 4.69) is 4.74 Å². The van der Waals surface area contributed by atoms with Crippen molar-refractivity contribution in [2.45, 2.75) is 79.1 Å². The van der Waals surface area contributed by atoms with Crippen LogP contribution in [0.4, 0.5) is 26.3 Å². The summed E-state index contributed by atoms with van der Waals surface area (Å²) >= 11 is 0. The minimum Gasteiger partial charge on any atom is -0.487 e. The first kappa shape index (κ1) is 35.0. The van der Waals surface area contributed by atoms with E-state index in [1.54, 1.807) is 46.8 Å². The van der Waals surface area contributed by atoms with Gasteiger partial charge < -0.3 is 13.9 Å². The van der Waals surface area contributed by atoms with Gasteiger partial charge in [0.1, 0.15) is 11.3 Å². The van der Waals surface area contributed by atoms with Gasteiger partial charge in [0.05, 0.1) is 11.0 Å². The summed E-state index contributed by atoms with van der Waals surface area (Å²) in [6.07, 6.45) is 0.843. The van der Waals surface area contributed by atoms with Crippen LogP contribution in [0.1, 0.15) is 60.5 Å². The second kappa shape index (κ2) is 12.5. The molecule has 44 heavy (non-hydrogen) atoms. The van der Waals surface area contributed by atoms with Crippen LogP contribution >= 0.6 is 0 Å². The molecule has 242 valence electrons. The van der Waals surface area contributed by atoms with Crippen LogP contribution < -0.4 is 10.4 Å². The molecule has 3 rings (SSSR count). The Hall–Kier alpha value is -3.50. The van der Waals surface area contributed by atoms with Crippen molar-refractivity contribution in [2.75, 3.05) is 13.2 Å². The summed E-state index contributed by atoms with van der Waals surface area (Å²) < 4.78 is 102. The Bertz CT molecular complexity index is 1540. The number of halogens is 6. The largest absolute Gasteiger partial charge is 0.487 e. The fourth-order valence-corrected chi connectivity index (χ4v) is 4.91. The van der Waals surface area contributed by atoms with Gasteiger partial charge in [-0.25, -0.2) is 4.79 Å². The molecule has 0 fully saturated rings. The normalized spacial score (nSPS) is 14.5. The molecule has 0 bridgehead atoms. The van der Waals surface area contributed by atoms with E-state index in [4.69, 9.17) is 9.15 Å². The maximum Gasteiger partial charge on any atom is 0.378 e. The number of carbonyl (C=O) groups is 1. The summed E-state index contributed by atoms with van der Waals surface area (Å²) in [5.74, 6) is -18.4. The van der Waals surface area contributed by atoms with E-state index in [1.807, 2.05) is 19.1 Å². The zero-order valence-electron chi connectivity index (χ0n) is 25.8. The molecule has 1 aromatic heterocycles. The zero-order chi connectivity index (χ0) is 33.3. The number of aryl methyl sites for hydroxylation is 1. The molecule has 0 saturated carbocycles. The number of ether oxygens (including phenoxy) is 2. The molecule has 0 amide bonds. The molecular weight excluding hydrogens is 590 g/mol. The van der Waals surface area contributed by atoms with Crippen LogP contribution in [0, 0.1) is 16.7 Å². The summed E-state index contributed by atoms with van der Waals surface area (Å²) in [6.45, 7) is 7.57. The maximum atomic E-state index is 14.6. The fraction of sp³-hybridized carbons (Fsp3) is 0.515. The fourth-order valence-electron chi connectivity index (χ4n) is 4.91. The van der Waals surface area contributed by atoms with Gasteiger partial charge in [-0.05, 0) is 60.4 Å². The summed E-state index contributed by atoms with van der Waals surface area (Å²) in [6, 6.07) is 12.3. The number of hydrogen-bond donors (Lipinski definition) is 0. The molecule has 0 aliphatic carbocycles. The van der Waals surface area contributed by atoms with Crippen LogP contribution in [0.25, 0.3) is 22.1 Å². The third kappa shape index (κ3) is 6.91. The maximum absolute atomic E-state index is 14.6. The summed E-state index contributed by atoms with van der Waals surface area (Å²) in [5, 5.41) is 0.392. The molecule has 1 unspecified atom stereocenters. The van der Waals surface area contributed by atoms with Crippen LogP contribution in [-0.4, -0.2) is 37.0 Å². The number of fused-ring (bicyclic) bond motifs is 1. The molecule has 0 saturated heterocycles. The minimum absolute atomic E-state index is 0.0711. The third-order valence-corrected chi connectivity index (χ3v) is 8.04. The van der Waals surface area contributed by atoms with Crippen molar-refractivity contribution in [1.29, 1.82) is 0 Å². The molecule has 5 nitrogen and oxygen atoms in total. The third-order valence-electron chi connectivity index (χ3n) is 8.04. The van der Waals surface area contributed by atoms with Crippen molar-refractivity contribution in [3.63, 3.8) is 0 Å². The van der Waals surface area contributed by atoms with Crippen LogP contribution in [0.5, 0.6) is 5.75 Å². The second-order valence-corrected chi connectivity index (χ2v) is 12.7. The molecule has 0 radical (unpaired) electrons. The average Bonchev–Trinajstić information content (AvgIpc) is 2.93. The van der Waals surface area contributed by atoms with Gasteiger partial charge >= 0.3 is 29.4 Å². The predicted octanol–water partition coefficient (Wildman–Crippen LogP) is 8.95. The van der Waals surface area contributed by atoms with Gasteiger partial charge in [0, 0.05) is 11.5 Å². The lowest BCUT2D eigenvalue weighted by atomic mass is 9.64. The van der Waals surface area contributed by atoms with E-state index in [9.17, 15) is 35.9 Å². The molecule has 11 heteroatoms. The number of esters is 1. The lowest BCUT2D eigenvalue weighted by Crippen LogP contribution is -2.59. The van der Waals surface area contributed by atoms with Crippen molar-refractivity contribution >= 4 is 16.9 Å². The summed E-state index contributed by atoms with van der Waals surface area (Å²) in [5.41, 5.74) is -1.13. The van der Waals surface area contributed by atoms with Gasteiger partial charge in [-0.1, -0.05) is 65.8 Å². The Balaban J connectivity index is 1.77. The lowest BCUT2D eigenvalue weighted by Gasteiger charge is -2.41. The van der Waals surface area contributed by atoms with Crippen molar-refractivity contribution in [1.82, 2.24) is 0 Å². The smallest absolute Gasteiger partial charge is 0.378 e. The van der Waals surface area contributed by atoms with Crippen LogP contribution in [-0.2, 0) is 16.0 Å². The number of rotatable bonds is 12. The lowest BCUT2D eigenvalue weighted by molar-refractivity contribution is -0.323. The highest BCUT2D eigenvalue weighted by atomic mass is 19.3. The minimum atomic E-state index is -5.94. The Morgan fingerprint density at radius 2 is 1.48 bits per heavy atom. The predicted molar refractivity (Wildman–Crippen MR) is 156 cm³/mol.